The molecule has 1 fully saturated rings. The van der Waals surface area contributed by atoms with Gasteiger partial charge in [-0.05, 0) is 0 Å². The number of aliphatic hydroxyl groups excluding tert-OH is 3. The molecule has 78 valence electrons. The van der Waals surface area contributed by atoms with E-state index in [4.69, 9.17) is 25.1 Å². The normalized spacial score (nSPS) is 41.0. The predicted octanol–water partition coefficient (Wildman–Crippen LogP) is -2.51. The van der Waals surface area contributed by atoms with Crippen LogP contribution < -0.4 is 0 Å². The van der Waals surface area contributed by atoms with Crippen LogP contribution in [0.3, 0.4) is 0 Å². The molecule has 1 aliphatic heterocycles. The van der Waals surface area contributed by atoms with Crippen LogP contribution in [0.2, 0.25) is 0 Å². The molecule has 0 saturated carbocycles. The van der Waals surface area contributed by atoms with Crippen molar-refractivity contribution < 1.29 is 38.9 Å². The lowest BCUT2D eigenvalue weighted by Gasteiger charge is -2.14. The van der Waals surface area contributed by atoms with Gasteiger partial charge in [0.2, 0.25) is 6.29 Å². The summed E-state index contributed by atoms with van der Waals surface area (Å²) in [5.41, 5.74) is 0. The van der Waals surface area contributed by atoms with Crippen molar-refractivity contribution >= 4 is 7.82 Å². The van der Waals surface area contributed by atoms with Gasteiger partial charge < -0.3 is 29.8 Å². The Labute approximate surface area is 72.6 Å². The first kappa shape index (κ1) is 11.0. The minimum Gasteiger partial charge on any atom is -0.385 e. The van der Waals surface area contributed by atoms with E-state index in [9.17, 15) is 4.57 Å². The minimum absolute atomic E-state index is 1.64. The molecule has 1 rings (SSSR count). The van der Waals surface area contributed by atoms with E-state index < -0.39 is 32.6 Å². The molecule has 0 aromatic heterocycles. The average molecular weight is 216 g/mol. The van der Waals surface area contributed by atoms with Gasteiger partial charge in [0.15, 0.2) is 6.29 Å². The van der Waals surface area contributed by atoms with E-state index in [0.29, 0.717) is 0 Å². The van der Waals surface area contributed by atoms with Gasteiger partial charge in [0.05, 0.1) is 0 Å². The third kappa shape index (κ3) is 2.70. The highest BCUT2D eigenvalue weighted by molar-refractivity contribution is 7.46. The van der Waals surface area contributed by atoms with Crippen LogP contribution in [0.4, 0.5) is 0 Å². The maximum atomic E-state index is 10.3. The zero-order valence-corrected chi connectivity index (χ0v) is 7.11. The molecule has 13 heavy (non-hydrogen) atoms. The Bertz CT molecular complexity index is 224. The van der Waals surface area contributed by atoms with E-state index in [0.717, 1.165) is 0 Å². The third-order valence-corrected chi connectivity index (χ3v) is 1.92. The van der Waals surface area contributed by atoms with Crippen LogP contribution in [0.5, 0.6) is 0 Å². The van der Waals surface area contributed by atoms with E-state index >= 15 is 0 Å². The smallest absolute Gasteiger partial charge is 0.385 e. The van der Waals surface area contributed by atoms with Crippen LogP contribution in [0.15, 0.2) is 0 Å². The van der Waals surface area contributed by atoms with Crippen LogP contribution in [-0.2, 0) is 13.8 Å². The lowest BCUT2D eigenvalue weighted by Crippen LogP contribution is -2.33. The lowest BCUT2D eigenvalue weighted by atomic mass is 10.2. The third-order valence-electron chi connectivity index (χ3n) is 1.44. The topological polar surface area (TPSA) is 137 Å². The van der Waals surface area contributed by atoms with Gasteiger partial charge >= 0.3 is 7.82 Å². The van der Waals surface area contributed by atoms with Crippen molar-refractivity contribution in [1.29, 1.82) is 0 Å². The second-order valence-corrected chi connectivity index (χ2v) is 3.66. The first-order chi connectivity index (χ1) is 5.81. The molecular formula is C4H9O8P. The number of ether oxygens (including phenoxy) is 1. The van der Waals surface area contributed by atoms with Crippen molar-refractivity contribution in [3.8, 4) is 0 Å². The average Bonchev–Trinajstić information content (AvgIpc) is 2.15. The van der Waals surface area contributed by atoms with Crippen LogP contribution in [0.25, 0.3) is 0 Å². The van der Waals surface area contributed by atoms with Gasteiger partial charge in [-0.2, -0.15) is 0 Å². The fraction of sp³-hybridized carbons (Fsp3) is 1.00. The van der Waals surface area contributed by atoms with Gasteiger partial charge in [-0.15, -0.1) is 0 Å². The molecule has 1 heterocycles. The molecule has 0 radical (unpaired) electrons. The molecule has 1 saturated heterocycles. The van der Waals surface area contributed by atoms with Crippen LogP contribution >= 0.6 is 7.82 Å². The number of phosphoric ester groups is 1. The SMILES string of the molecule is O=P(O)(O)O[C@@H]1O[C@H](O)[C@@H](O)[C@H]1O. The Morgan fingerprint density at radius 2 is 1.69 bits per heavy atom. The Kier molecular flexibility index (Phi) is 3.05. The summed E-state index contributed by atoms with van der Waals surface area (Å²) in [6, 6.07) is 0. The molecule has 5 N–H and O–H groups in total. The van der Waals surface area contributed by atoms with Gasteiger partial charge in [0, 0.05) is 0 Å². The summed E-state index contributed by atoms with van der Waals surface area (Å²) in [6.07, 6.45) is -6.78. The van der Waals surface area contributed by atoms with Gasteiger partial charge in [-0.1, -0.05) is 0 Å². The van der Waals surface area contributed by atoms with Gasteiger partial charge in [-0.25, -0.2) is 4.57 Å². The number of aliphatic hydroxyl groups is 3. The number of phosphoric acid groups is 1. The van der Waals surface area contributed by atoms with Crippen molar-refractivity contribution in [1.82, 2.24) is 0 Å². The van der Waals surface area contributed by atoms with E-state index in [1.807, 2.05) is 0 Å². The second-order valence-electron chi connectivity index (χ2n) is 2.47. The van der Waals surface area contributed by atoms with Crippen molar-refractivity contribution in [3.63, 3.8) is 0 Å². The number of hydrogen-bond donors (Lipinski definition) is 5. The van der Waals surface area contributed by atoms with E-state index in [1.54, 1.807) is 0 Å². The summed E-state index contributed by atoms with van der Waals surface area (Å²) in [7, 11) is -4.81. The van der Waals surface area contributed by atoms with Crippen molar-refractivity contribution in [3.05, 3.63) is 0 Å². The first-order valence-corrected chi connectivity index (χ1v) is 4.78. The van der Waals surface area contributed by atoms with E-state index in [-0.39, 0.29) is 0 Å². The van der Waals surface area contributed by atoms with Crippen LogP contribution in [-0.4, -0.2) is 49.9 Å². The van der Waals surface area contributed by atoms with Gasteiger partial charge in [0.1, 0.15) is 12.2 Å². The second kappa shape index (κ2) is 3.60. The number of rotatable bonds is 2. The Hall–Kier alpha value is -0.0500. The maximum absolute atomic E-state index is 10.3. The Morgan fingerprint density at radius 1 is 1.15 bits per heavy atom. The largest absolute Gasteiger partial charge is 0.472 e. The standard InChI is InChI=1S/C4H9O8P/c5-1-2(6)4(11-3(1)7)12-13(8,9)10/h1-7H,(H2,8,9,10)/t1-,2+,3-,4-/m0/s1. The number of hydrogen-bond acceptors (Lipinski definition) is 6. The summed E-state index contributed by atoms with van der Waals surface area (Å²) in [5, 5.41) is 26.6. The van der Waals surface area contributed by atoms with Gasteiger partial charge in [0.25, 0.3) is 0 Å². The molecule has 0 aromatic carbocycles. The van der Waals surface area contributed by atoms with Crippen LogP contribution in [0.1, 0.15) is 0 Å². The maximum Gasteiger partial charge on any atom is 0.472 e. The summed E-state index contributed by atoms with van der Waals surface area (Å²) >= 11 is 0. The van der Waals surface area contributed by atoms with Crippen molar-refractivity contribution in [2.75, 3.05) is 0 Å². The highest BCUT2D eigenvalue weighted by Crippen LogP contribution is 2.40. The van der Waals surface area contributed by atoms with E-state index in [2.05, 4.69) is 9.26 Å². The fourth-order valence-corrected chi connectivity index (χ4v) is 1.30. The minimum atomic E-state index is -4.81. The molecule has 0 aliphatic carbocycles. The highest BCUT2D eigenvalue weighted by atomic mass is 31.2. The molecule has 0 unspecified atom stereocenters. The van der Waals surface area contributed by atoms with Crippen LogP contribution in [0, 0.1) is 0 Å². The predicted molar refractivity (Wildman–Crippen MR) is 36.0 cm³/mol. The molecule has 0 amide bonds. The Morgan fingerprint density at radius 3 is 2.00 bits per heavy atom. The molecule has 9 heteroatoms. The highest BCUT2D eigenvalue weighted by Gasteiger charge is 2.45. The zero-order chi connectivity index (χ0) is 10.2. The van der Waals surface area contributed by atoms with Gasteiger partial charge in [-0.3, -0.25) is 4.52 Å². The quantitative estimate of drug-likeness (QED) is 0.319. The lowest BCUT2D eigenvalue weighted by molar-refractivity contribution is -0.176. The molecule has 0 bridgehead atoms. The molecule has 0 spiro atoms. The summed E-state index contributed by atoms with van der Waals surface area (Å²) in [4.78, 5) is 16.6. The molecule has 4 atom stereocenters. The van der Waals surface area contributed by atoms with Crippen molar-refractivity contribution in [2.45, 2.75) is 24.8 Å². The first-order valence-electron chi connectivity index (χ1n) is 3.25. The molecule has 8 nitrogen and oxygen atoms in total. The van der Waals surface area contributed by atoms with E-state index in [1.165, 1.54) is 0 Å². The van der Waals surface area contributed by atoms with Crippen molar-refractivity contribution in [2.24, 2.45) is 0 Å². The summed E-state index contributed by atoms with van der Waals surface area (Å²) in [5.74, 6) is 0. The molecule has 0 aromatic rings. The Balaban J connectivity index is 2.59. The monoisotopic (exact) mass is 216 g/mol. The zero-order valence-electron chi connectivity index (χ0n) is 6.22. The molecule has 1 aliphatic rings. The summed E-state index contributed by atoms with van der Waals surface area (Å²) in [6.45, 7) is 0. The summed E-state index contributed by atoms with van der Waals surface area (Å²) < 4.78 is 18.5. The fourth-order valence-electron chi connectivity index (χ4n) is 0.851. The molecular weight excluding hydrogens is 207 g/mol.